The minimum Gasteiger partial charge on any atom is -0.454 e. The summed E-state index contributed by atoms with van der Waals surface area (Å²) in [6, 6.07) is 19.7. The van der Waals surface area contributed by atoms with Crippen LogP contribution in [0.3, 0.4) is 0 Å². The van der Waals surface area contributed by atoms with Crippen LogP contribution in [0, 0.1) is 0 Å². The Morgan fingerprint density at radius 2 is 1.79 bits per heavy atom. The summed E-state index contributed by atoms with van der Waals surface area (Å²) >= 11 is 1.22. The van der Waals surface area contributed by atoms with E-state index in [-0.39, 0.29) is 37.5 Å². The highest BCUT2D eigenvalue weighted by Crippen LogP contribution is 2.36. The number of para-hydroxylation sites is 1. The summed E-state index contributed by atoms with van der Waals surface area (Å²) in [4.78, 5) is 50.8. The number of carbonyl (C=O) groups excluding carboxylic acids is 3. The summed E-state index contributed by atoms with van der Waals surface area (Å²) in [6.07, 6.45) is 1.32. The molecule has 0 aromatic heterocycles. The van der Waals surface area contributed by atoms with Crippen LogP contribution in [0.2, 0.25) is 0 Å². The number of aliphatic imine (C=N–C) groups is 2. The number of amidine groups is 2. The van der Waals surface area contributed by atoms with Crippen LogP contribution in [-0.4, -0.2) is 51.7 Å². The van der Waals surface area contributed by atoms with Crippen molar-refractivity contribution >= 4 is 51.9 Å². The zero-order valence-electron chi connectivity index (χ0n) is 23.8. The number of nitrogens with zero attached hydrogens (tertiary/aromatic N) is 3. The Labute approximate surface area is 253 Å². The van der Waals surface area contributed by atoms with E-state index in [0.29, 0.717) is 45.9 Å². The molecule has 11 heteroatoms. The number of benzene rings is 3. The molecule has 3 aliphatic rings. The Morgan fingerprint density at radius 3 is 2.58 bits per heavy atom. The molecule has 0 spiro atoms. The molecule has 0 bridgehead atoms. The fourth-order valence-corrected chi connectivity index (χ4v) is 6.03. The van der Waals surface area contributed by atoms with E-state index < -0.39 is 11.3 Å². The Balaban J connectivity index is 1.16. The van der Waals surface area contributed by atoms with Gasteiger partial charge >= 0.3 is 0 Å². The van der Waals surface area contributed by atoms with Gasteiger partial charge in [0.05, 0.1) is 17.4 Å². The highest BCUT2D eigenvalue weighted by Gasteiger charge is 2.43. The number of ether oxygens (including phenoxy) is 2. The average Bonchev–Trinajstić information content (AvgIpc) is 3.63. The highest BCUT2D eigenvalue weighted by molar-refractivity contribution is 8.15. The first-order valence-electron chi connectivity index (χ1n) is 14.2. The van der Waals surface area contributed by atoms with Crippen molar-refractivity contribution in [2.75, 3.05) is 12.1 Å². The van der Waals surface area contributed by atoms with Crippen LogP contribution in [0.5, 0.6) is 11.5 Å². The maximum atomic E-state index is 13.7. The Kier molecular flexibility index (Phi) is 8.15. The van der Waals surface area contributed by atoms with Gasteiger partial charge in [-0.3, -0.25) is 19.4 Å². The Bertz CT molecular complexity index is 1640. The van der Waals surface area contributed by atoms with Gasteiger partial charge in [0.15, 0.2) is 16.7 Å². The van der Waals surface area contributed by atoms with E-state index in [1.54, 1.807) is 6.07 Å². The number of hydrogen-bond acceptors (Lipinski definition) is 8. The first-order valence-corrected chi connectivity index (χ1v) is 15.1. The summed E-state index contributed by atoms with van der Waals surface area (Å²) in [5, 5.41) is 5.72. The molecule has 220 valence electrons. The van der Waals surface area contributed by atoms with Gasteiger partial charge in [0.1, 0.15) is 11.9 Å². The second kappa shape index (κ2) is 12.3. The van der Waals surface area contributed by atoms with Crippen LogP contribution < -0.4 is 20.1 Å². The normalized spacial score (nSPS) is 17.0. The van der Waals surface area contributed by atoms with Crippen LogP contribution in [0.15, 0.2) is 76.7 Å². The summed E-state index contributed by atoms with van der Waals surface area (Å²) in [5.74, 6) is 0.916. The predicted octanol–water partition coefficient (Wildman–Crippen LogP) is 4.79. The topological polar surface area (TPSA) is 122 Å². The number of hydrogen-bond donors (Lipinski definition) is 2. The van der Waals surface area contributed by atoms with Crippen LogP contribution >= 0.6 is 11.8 Å². The predicted molar refractivity (Wildman–Crippen MR) is 166 cm³/mol. The zero-order valence-corrected chi connectivity index (χ0v) is 24.6. The van der Waals surface area contributed by atoms with E-state index in [4.69, 9.17) is 14.5 Å². The molecule has 3 aliphatic heterocycles. The number of carbonyl (C=O) groups is 3. The third-order valence-electron chi connectivity index (χ3n) is 7.39. The molecule has 3 aromatic rings. The third-order valence-corrected chi connectivity index (χ3v) is 8.71. The molecule has 10 nitrogen and oxygen atoms in total. The van der Waals surface area contributed by atoms with Crippen molar-refractivity contribution in [3.05, 3.63) is 83.4 Å². The van der Waals surface area contributed by atoms with Gasteiger partial charge in [-0.2, -0.15) is 0 Å². The van der Waals surface area contributed by atoms with Crippen molar-refractivity contribution in [1.82, 2.24) is 10.2 Å². The lowest BCUT2D eigenvalue weighted by atomic mass is 10.1. The quantitative estimate of drug-likeness (QED) is 0.366. The minimum absolute atomic E-state index is 0.116. The molecule has 3 aromatic carbocycles. The van der Waals surface area contributed by atoms with Crippen molar-refractivity contribution in [2.45, 2.75) is 50.9 Å². The van der Waals surface area contributed by atoms with Gasteiger partial charge in [0, 0.05) is 17.8 Å². The zero-order chi connectivity index (χ0) is 29.9. The molecule has 3 amide bonds. The standard InChI is InChI=1S/C32H31N5O5S/c1-3-19-9-12-21(13-10-19)34-30(39)27(4-2)43-32-36-23-8-6-5-7-22(23)29-35-24(31(40)37(29)32)16-28(38)33-17-20-11-14-25-26(15-20)42-18-41-25/h5-15,24,27H,3-4,16-18H2,1-2H3,(H,33,38)(H,34,39)/t24-,27-/m1/s1. The second-order valence-corrected chi connectivity index (χ2v) is 11.4. The Morgan fingerprint density at radius 1 is 1.02 bits per heavy atom. The van der Waals surface area contributed by atoms with E-state index in [1.807, 2.05) is 67.6 Å². The van der Waals surface area contributed by atoms with Crippen molar-refractivity contribution in [1.29, 1.82) is 0 Å². The lowest BCUT2D eigenvalue weighted by Crippen LogP contribution is -2.43. The number of aryl methyl sites for hydroxylation is 1. The third kappa shape index (κ3) is 5.98. The molecule has 2 atom stereocenters. The molecule has 0 fully saturated rings. The summed E-state index contributed by atoms with van der Waals surface area (Å²) in [6.45, 7) is 4.45. The number of thioether (sulfide) groups is 1. The minimum atomic E-state index is -0.908. The van der Waals surface area contributed by atoms with Crippen LogP contribution in [0.1, 0.15) is 43.4 Å². The molecular formula is C32H31N5O5S. The largest absolute Gasteiger partial charge is 0.454 e. The van der Waals surface area contributed by atoms with Gasteiger partial charge in [0.2, 0.25) is 18.6 Å². The molecule has 43 heavy (non-hydrogen) atoms. The van der Waals surface area contributed by atoms with Crippen molar-refractivity contribution < 1.29 is 23.9 Å². The van der Waals surface area contributed by atoms with Crippen molar-refractivity contribution in [3.63, 3.8) is 0 Å². The number of fused-ring (bicyclic) bond motifs is 4. The van der Waals surface area contributed by atoms with Crippen molar-refractivity contribution in [2.24, 2.45) is 9.98 Å². The van der Waals surface area contributed by atoms with Crippen LogP contribution in [0.4, 0.5) is 11.4 Å². The summed E-state index contributed by atoms with van der Waals surface area (Å²) < 4.78 is 10.7. The van der Waals surface area contributed by atoms with E-state index in [0.717, 1.165) is 12.0 Å². The van der Waals surface area contributed by atoms with Gasteiger partial charge in [-0.15, -0.1) is 0 Å². The van der Waals surface area contributed by atoms with Crippen molar-refractivity contribution in [3.8, 4) is 11.5 Å². The van der Waals surface area contributed by atoms with E-state index >= 15 is 0 Å². The average molecular weight is 598 g/mol. The molecule has 0 radical (unpaired) electrons. The lowest BCUT2D eigenvalue weighted by molar-refractivity contribution is -0.128. The van der Waals surface area contributed by atoms with Crippen LogP contribution in [0.25, 0.3) is 0 Å². The molecule has 0 saturated heterocycles. The smallest absolute Gasteiger partial charge is 0.259 e. The fourth-order valence-electron chi connectivity index (χ4n) is 5.01. The maximum Gasteiger partial charge on any atom is 0.259 e. The number of amides is 3. The molecule has 3 heterocycles. The first kappa shape index (κ1) is 28.5. The number of nitrogens with one attached hydrogen (secondary N) is 2. The molecule has 6 rings (SSSR count). The molecular weight excluding hydrogens is 566 g/mol. The Hall–Kier alpha value is -4.64. The number of anilines is 1. The number of rotatable bonds is 9. The van der Waals surface area contributed by atoms with E-state index in [9.17, 15) is 14.4 Å². The summed E-state index contributed by atoms with van der Waals surface area (Å²) in [5.41, 5.74) is 4.11. The molecule has 0 aliphatic carbocycles. The van der Waals surface area contributed by atoms with Gasteiger partial charge in [-0.25, -0.2) is 9.89 Å². The lowest BCUT2D eigenvalue weighted by Gasteiger charge is -2.27. The second-order valence-electron chi connectivity index (χ2n) is 10.3. The van der Waals surface area contributed by atoms with Crippen LogP contribution in [-0.2, 0) is 27.3 Å². The SMILES string of the molecule is CCc1ccc(NC(=O)[C@@H](CC)SC2=Nc3ccccc3C3=N[C@H](CC(=O)NCc4ccc5c(c4)OCO5)C(=O)N23)cc1. The first-order chi connectivity index (χ1) is 20.9. The molecule has 0 saturated carbocycles. The van der Waals surface area contributed by atoms with Gasteiger partial charge in [0.25, 0.3) is 5.91 Å². The van der Waals surface area contributed by atoms with Gasteiger partial charge in [-0.1, -0.05) is 55.9 Å². The van der Waals surface area contributed by atoms with Gasteiger partial charge in [-0.05, 0) is 60.4 Å². The fraction of sp³-hybridized carbons (Fsp3) is 0.281. The van der Waals surface area contributed by atoms with E-state index in [2.05, 4.69) is 22.5 Å². The summed E-state index contributed by atoms with van der Waals surface area (Å²) in [7, 11) is 0. The molecule has 2 N–H and O–H groups in total. The monoisotopic (exact) mass is 597 g/mol. The van der Waals surface area contributed by atoms with E-state index in [1.165, 1.54) is 22.2 Å². The van der Waals surface area contributed by atoms with Gasteiger partial charge < -0.3 is 20.1 Å². The highest BCUT2D eigenvalue weighted by atomic mass is 32.2. The molecule has 0 unspecified atom stereocenters. The maximum absolute atomic E-state index is 13.7.